The molecule has 0 saturated carbocycles. The molecule has 0 atom stereocenters. The molecule has 2 nitrogen and oxygen atoms in total. The van der Waals surface area contributed by atoms with Crippen LogP contribution < -0.4 is 0 Å². The van der Waals surface area contributed by atoms with Gasteiger partial charge in [-0.15, -0.1) is 0 Å². The maximum Gasteiger partial charge on any atom is 0.330 e. The number of unbranched alkanes of at least 4 members (excludes halogenated alkanes) is 3. The Labute approximate surface area is 190 Å². The number of hydrogen-bond donors (Lipinski definition) is 0. The molecule has 1 aromatic rings. The van der Waals surface area contributed by atoms with E-state index in [-0.39, 0.29) is 16.8 Å². The number of fused-ring (bicyclic) bond motifs is 1. The average Bonchev–Trinajstić information content (AvgIpc) is 2.72. The highest BCUT2D eigenvalue weighted by Gasteiger charge is 2.37. The van der Waals surface area contributed by atoms with Gasteiger partial charge in [0, 0.05) is 6.08 Å². The molecule has 0 heterocycles. The number of carbonyl (C=O) groups is 1. The highest BCUT2D eigenvalue weighted by Crippen LogP contribution is 2.46. The zero-order chi connectivity index (χ0) is 23.1. The summed E-state index contributed by atoms with van der Waals surface area (Å²) in [5, 5.41) is 0. The van der Waals surface area contributed by atoms with Gasteiger partial charge in [-0.2, -0.15) is 0 Å². The van der Waals surface area contributed by atoms with Crippen LogP contribution in [0.1, 0.15) is 102 Å². The van der Waals surface area contributed by atoms with Gasteiger partial charge in [0.1, 0.15) is 0 Å². The maximum absolute atomic E-state index is 11.4. The summed E-state index contributed by atoms with van der Waals surface area (Å²) in [4.78, 5) is 11.4. The van der Waals surface area contributed by atoms with Crippen LogP contribution in [0.25, 0.3) is 6.08 Å². The van der Waals surface area contributed by atoms with E-state index in [4.69, 9.17) is 0 Å². The van der Waals surface area contributed by atoms with Crippen LogP contribution in [0.2, 0.25) is 0 Å². The highest BCUT2D eigenvalue weighted by atomic mass is 16.5. The lowest BCUT2D eigenvalue weighted by Crippen LogP contribution is -2.34. The van der Waals surface area contributed by atoms with Crippen LogP contribution in [0, 0.1) is 0 Å². The molecule has 0 saturated heterocycles. The van der Waals surface area contributed by atoms with Crippen molar-refractivity contribution < 1.29 is 9.53 Å². The van der Waals surface area contributed by atoms with Crippen LogP contribution in [0.3, 0.4) is 0 Å². The zero-order valence-electron chi connectivity index (χ0n) is 20.8. The Morgan fingerprint density at radius 1 is 1.00 bits per heavy atom. The Bertz CT molecular complexity index is 850. The third-order valence-corrected chi connectivity index (χ3v) is 6.71. The van der Waals surface area contributed by atoms with E-state index >= 15 is 0 Å². The van der Waals surface area contributed by atoms with Crippen molar-refractivity contribution in [3.05, 3.63) is 64.3 Å². The molecule has 0 bridgehead atoms. The first kappa shape index (κ1) is 25.2. The highest BCUT2D eigenvalue weighted by molar-refractivity contribution is 5.83. The molecule has 2 rings (SSSR count). The molecule has 31 heavy (non-hydrogen) atoms. The minimum absolute atomic E-state index is 0.212. The van der Waals surface area contributed by atoms with Crippen molar-refractivity contribution in [2.45, 2.75) is 97.3 Å². The topological polar surface area (TPSA) is 26.3 Å². The Morgan fingerprint density at radius 2 is 1.65 bits per heavy atom. The second kappa shape index (κ2) is 11.0. The van der Waals surface area contributed by atoms with Gasteiger partial charge < -0.3 is 4.74 Å². The van der Waals surface area contributed by atoms with Gasteiger partial charge in [-0.25, -0.2) is 4.79 Å². The summed E-state index contributed by atoms with van der Waals surface area (Å²) in [5.74, 6) is -0.319. The molecule has 0 aliphatic heterocycles. The fourth-order valence-corrected chi connectivity index (χ4v) is 4.45. The fraction of sp³-hybridized carbons (Fsp3) is 0.552. The van der Waals surface area contributed by atoms with Crippen molar-refractivity contribution in [3.63, 3.8) is 0 Å². The van der Waals surface area contributed by atoms with E-state index < -0.39 is 0 Å². The van der Waals surface area contributed by atoms with Crippen LogP contribution in [-0.2, 0) is 26.8 Å². The number of ether oxygens (including phenoxy) is 1. The van der Waals surface area contributed by atoms with E-state index in [1.807, 2.05) is 19.1 Å². The Kier molecular flexibility index (Phi) is 8.91. The van der Waals surface area contributed by atoms with Gasteiger partial charge in [0.05, 0.1) is 7.11 Å². The largest absolute Gasteiger partial charge is 0.466 e. The molecule has 1 aliphatic carbocycles. The number of aryl methyl sites for hydroxylation is 1. The second-order valence-corrected chi connectivity index (χ2v) is 10.3. The smallest absolute Gasteiger partial charge is 0.330 e. The minimum Gasteiger partial charge on any atom is -0.466 e. The SMILES string of the molecule is CCCCCCc1cc2c(cc1/C=C/C=C/C(C)=C\C(=O)OC)C(C)(C)CCC2(C)C. The van der Waals surface area contributed by atoms with Gasteiger partial charge in [-0.05, 0) is 71.3 Å². The molecule has 1 aliphatic rings. The van der Waals surface area contributed by atoms with Crippen molar-refractivity contribution >= 4 is 12.0 Å². The summed E-state index contributed by atoms with van der Waals surface area (Å²) in [6.07, 6.45) is 18.5. The molecule has 170 valence electrons. The summed E-state index contributed by atoms with van der Waals surface area (Å²) in [6, 6.07) is 4.96. The number of carbonyl (C=O) groups excluding carboxylic acids is 1. The van der Waals surface area contributed by atoms with Crippen LogP contribution in [0.5, 0.6) is 0 Å². The molecule has 1 aromatic carbocycles. The minimum atomic E-state index is -0.319. The second-order valence-electron chi connectivity index (χ2n) is 10.3. The predicted molar refractivity (Wildman–Crippen MR) is 134 cm³/mol. The first-order valence-corrected chi connectivity index (χ1v) is 11.9. The molecule has 2 heteroatoms. The molecule has 0 spiro atoms. The summed E-state index contributed by atoms with van der Waals surface area (Å²) in [5.41, 5.74) is 7.17. The number of rotatable bonds is 9. The van der Waals surface area contributed by atoms with E-state index in [1.54, 1.807) is 5.56 Å². The van der Waals surface area contributed by atoms with E-state index in [9.17, 15) is 4.79 Å². The number of esters is 1. The maximum atomic E-state index is 11.4. The average molecular weight is 423 g/mol. The molecule has 0 N–H and O–H groups in total. The molecular formula is C29H42O2. The van der Waals surface area contributed by atoms with Crippen LogP contribution in [0.4, 0.5) is 0 Å². The number of methoxy groups -OCH3 is 1. The van der Waals surface area contributed by atoms with E-state index in [0.29, 0.717) is 0 Å². The summed E-state index contributed by atoms with van der Waals surface area (Å²) >= 11 is 0. The standard InChI is InChI=1S/C29H42O2/c1-8-9-10-11-15-23-20-25-26(29(5,6)18-17-28(25,3)4)21-24(23)16-13-12-14-22(2)19-27(30)31-7/h12-14,16,19-21H,8-11,15,17-18H2,1-7H3/b14-12+,16-13+,22-19-. The van der Waals surface area contributed by atoms with Crippen LogP contribution >= 0.6 is 0 Å². The lowest BCUT2D eigenvalue weighted by atomic mass is 9.62. The first-order valence-electron chi connectivity index (χ1n) is 11.9. The van der Waals surface area contributed by atoms with Crippen LogP contribution in [0.15, 0.2) is 42.0 Å². The monoisotopic (exact) mass is 422 g/mol. The Balaban J connectivity index is 2.37. The lowest BCUT2D eigenvalue weighted by Gasteiger charge is -2.42. The van der Waals surface area contributed by atoms with Crippen molar-refractivity contribution in [1.29, 1.82) is 0 Å². The van der Waals surface area contributed by atoms with Gasteiger partial charge in [0.25, 0.3) is 0 Å². The Morgan fingerprint density at radius 3 is 2.26 bits per heavy atom. The molecular weight excluding hydrogens is 380 g/mol. The molecule has 0 radical (unpaired) electrons. The predicted octanol–water partition coefficient (Wildman–Crippen LogP) is 7.85. The van der Waals surface area contributed by atoms with Gasteiger partial charge in [-0.3, -0.25) is 0 Å². The molecule has 0 amide bonds. The zero-order valence-corrected chi connectivity index (χ0v) is 20.8. The van der Waals surface area contributed by atoms with Crippen LogP contribution in [-0.4, -0.2) is 13.1 Å². The third-order valence-electron chi connectivity index (χ3n) is 6.71. The normalized spacial score (nSPS) is 17.8. The van der Waals surface area contributed by atoms with Gasteiger partial charge in [0.15, 0.2) is 0 Å². The summed E-state index contributed by atoms with van der Waals surface area (Å²) < 4.78 is 4.69. The fourth-order valence-electron chi connectivity index (χ4n) is 4.45. The van der Waals surface area contributed by atoms with Crippen molar-refractivity contribution in [2.24, 2.45) is 0 Å². The quantitative estimate of drug-likeness (QED) is 0.175. The first-order chi connectivity index (χ1) is 14.6. The number of benzene rings is 1. The van der Waals surface area contributed by atoms with E-state index in [0.717, 1.165) is 12.0 Å². The van der Waals surface area contributed by atoms with Crippen molar-refractivity contribution in [3.8, 4) is 0 Å². The van der Waals surface area contributed by atoms with Gasteiger partial charge in [-0.1, -0.05) is 90.3 Å². The molecule has 0 fully saturated rings. The van der Waals surface area contributed by atoms with Gasteiger partial charge in [0.2, 0.25) is 0 Å². The number of allylic oxidation sites excluding steroid dienone is 4. The lowest BCUT2D eigenvalue weighted by molar-refractivity contribution is -0.134. The summed E-state index contributed by atoms with van der Waals surface area (Å²) in [6.45, 7) is 13.7. The van der Waals surface area contributed by atoms with Crippen molar-refractivity contribution in [2.75, 3.05) is 7.11 Å². The molecule has 0 unspecified atom stereocenters. The van der Waals surface area contributed by atoms with E-state index in [1.165, 1.54) is 68.4 Å². The van der Waals surface area contributed by atoms with Gasteiger partial charge >= 0.3 is 5.97 Å². The summed E-state index contributed by atoms with van der Waals surface area (Å²) in [7, 11) is 1.40. The van der Waals surface area contributed by atoms with Crippen molar-refractivity contribution in [1.82, 2.24) is 0 Å². The molecule has 0 aromatic heterocycles. The Hall–Kier alpha value is -2.09. The third kappa shape index (κ3) is 6.95. The van der Waals surface area contributed by atoms with E-state index in [2.05, 4.69) is 63.6 Å². The number of hydrogen-bond acceptors (Lipinski definition) is 2.